The average Bonchev–Trinajstić information content (AvgIpc) is 2.14. The number of hydrogen-bond acceptors (Lipinski definition) is 4. The minimum atomic E-state index is -0.474. The fraction of sp³-hybridized carbons (Fsp3) is 0.833. The lowest BCUT2D eigenvalue weighted by molar-refractivity contribution is 0.0564. The van der Waals surface area contributed by atoms with Crippen molar-refractivity contribution in [1.82, 2.24) is 5.32 Å². The van der Waals surface area contributed by atoms with Gasteiger partial charge in [0.1, 0.15) is 5.60 Å². The summed E-state index contributed by atoms with van der Waals surface area (Å²) in [6.45, 7) is 9.77. The molecule has 1 amide bonds. The molecule has 4 nitrogen and oxygen atoms in total. The predicted octanol–water partition coefficient (Wildman–Crippen LogP) is 3.17. The predicted molar refractivity (Wildman–Crippen MR) is 72.6 cm³/mol. The molecule has 0 spiro atoms. The molecule has 0 fully saturated rings. The van der Waals surface area contributed by atoms with E-state index < -0.39 is 11.7 Å². The van der Waals surface area contributed by atoms with Crippen molar-refractivity contribution in [3.63, 3.8) is 0 Å². The number of alkyl carbamates (subject to hydrolysis) is 1. The standard InChI is InChI=1S/C12H22N2O2S/c1-6-12(5)7-8-17-9(14-12)13-10(15)16-11(2,3)4/h6-8H2,1-5H3,(H,13,14,15)/t12-/m1/s1. The lowest BCUT2D eigenvalue weighted by atomic mass is 9.97. The first-order valence-corrected chi connectivity index (χ1v) is 6.95. The molecule has 1 aliphatic rings. The Balaban J connectivity index is 2.60. The Morgan fingerprint density at radius 2 is 2.24 bits per heavy atom. The number of carbonyl (C=O) groups is 1. The number of amidine groups is 1. The fourth-order valence-corrected chi connectivity index (χ4v) is 2.59. The van der Waals surface area contributed by atoms with Crippen LogP contribution in [0.1, 0.15) is 47.5 Å². The molecule has 0 aromatic carbocycles. The van der Waals surface area contributed by atoms with E-state index in [0.29, 0.717) is 5.17 Å². The summed E-state index contributed by atoms with van der Waals surface area (Å²) >= 11 is 1.57. The number of ether oxygens (including phenoxy) is 1. The van der Waals surface area contributed by atoms with Crippen molar-refractivity contribution in [2.45, 2.75) is 58.6 Å². The monoisotopic (exact) mass is 258 g/mol. The number of nitrogens with zero attached hydrogens (tertiary/aromatic N) is 1. The minimum Gasteiger partial charge on any atom is -0.444 e. The van der Waals surface area contributed by atoms with Gasteiger partial charge in [0, 0.05) is 5.75 Å². The normalized spacial score (nSPS) is 25.1. The van der Waals surface area contributed by atoms with Gasteiger partial charge < -0.3 is 4.74 Å². The van der Waals surface area contributed by atoms with E-state index in [-0.39, 0.29) is 5.54 Å². The SMILES string of the molecule is CC[C@]1(C)CCSC(NC(=O)OC(C)(C)C)=N1. The van der Waals surface area contributed by atoms with E-state index in [9.17, 15) is 4.79 Å². The van der Waals surface area contributed by atoms with Gasteiger partial charge in [0.2, 0.25) is 0 Å². The number of rotatable bonds is 1. The highest BCUT2D eigenvalue weighted by atomic mass is 32.2. The zero-order valence-corrected chi connectivity index (χ0v) is 12.1. The molecule has 1 rings (SSSR count). The number of carbonyl (C=O) groups excluding carboxylic acids is 1. The molecule has 1 heterocycles. The van der Waals surface area contributed by atoms with Crippen molar-refractivity contribution >= 4 is 23.0 Å². The highest BCUT2D eigenvalue weighted by Gasteiger charge is 2.27. The number of nitrogens with one attached hydrogen (secondary N) is 1. The summed E-state index contributed by atoms with van der Waals surface area (Å²) in [6, 6.07) is 0. The molecular weight excluding hydrogens is 236 g/mol. The molecule has 0 saturated carbocycles. The van der Waals surface area contributed by atoms with E-state index in [1.54, 1.807) is 11.8 Å². The van der Waals surface area contributed by atoms with Crippen molar-refractivity contribution in [3.05, 3.63) is 0 Å². The molecule has 0 unspecified atom stereocenters. The van der Waals surface area contributed by atoms with Crippen LogP contribution >= 0.6 is 11.8 Å². The molecule has 0 aromatic rings. The van der Waals surface area contributed by atoms with Gasteiger partial charge in [-0.25, -0.2) is 4.79 Å². The van der Waals surface area contributed by atoms with Gasteiger partial charge in [-0.1, -0.05) is 18.7 Å². The van der Waals surface area contributed by atoms with Crippen LogP contribution in [-0.2, 0) is 4.74 Å². The zero-order valence-electron chi connectivity index (χ0n) is 11.3. The lowest BCUT2D eigenvalue weighted by Gasteiger charge is -2.29. The first-order valence-electron chi connectivity index (χ1n) is 5.97. The molecule has 1 N–H and O–H groups in total. The van der Waals surface area contributed by atoms with E-state index in [1.807, 2.05) is 20.8 Å². The average molecular weight is 258 g/mol. The van der Waals surface area contributed by atoms with Crippen LogP contribution in [0.3, 0.4) is 0 Å². The molecule has 0 aliphatic carbocycles. The van der Waals surface area contributed by atoms with Crippen LogP contribution in [0.25, 0.3) is 0 Å². The molecule has 1 atom stereocenters. The van der Waals surface area contributed by atoms with Crippen molar-refractivity contribution in [2.24, 2.45) is 4.99 Å². The molecule has 0 radical (unpaired) electrons. The molecule has 98 valence electrons. The number of aliphatic imine (C=N–C) groups is 1. The largest absolute Gasteiger partial charge is 0.444 e. The van der Waals surface area contributed by atoms with Crippen LogP contribution in [0.4, 0.5) is 4.79 Å². The van der Waals surface area contributed by atoms with Gasteiger partial charge in [0.25, 0.3) is 0 Å². The second-order valence-corrected chi connectivity index (χ2v) is 6.58. The lowest BCUT2D eigenvalue weighted by Crippen LogP contribution is -2.39. The van der Waals surface area contributed by atoms with Gasteiger partial charge in [0.15, 0.2) is 5.17 Å². The summed E-state index contributed by atoms with van der Waals surface area (Å²) in [5, 5.41) is 3.39. The Bertz CT molecular complexity index is 323. The Morgan fingerprint density at radius 3 is 2.76 bits per heavy atom. The summed E-state index contributed by atoms with van der Waals surface area (Å²) in [5.41, 5.74) is -0.520. The first kappa shape index (κ1) is 14.4. The van der Waals surface area contributed by atoms with E-state index in [2.05, 4.69) is 24.2 Å². The first-order chi connectivity index (χ1) is 7.74. The fourth-order valence-electron chi connectivity index (χ4n) is 1.41. The van der Waals surface area contributed by atoms with Gasteiger partial charge in [0.05, 0.1) is 5.54 Å². The van der Waals surface area contributed by atoms with Gasteiger partial charge in [-0.3, -0.25) is 10.3 Å². The number of amides is 1. The van der Waals surface area contributed by atoms with Crippen LogP contribution in [-0.4, -0.2) is 28.2 Å². The third kappa shape index (κ3) is 4.98. The highest BCUT2D eigenvalue weighted by Crippen LogP contribution is 2.28. The van der Waals surface area contributed by atoms with Crippen molar-refractivity contribution in [3.8, 4) is 0 Å². The summed E-state index contributed by atoms with van der Waals surface area (Å²) in [6.07, 6.45) is 1.60. The highest BCUT2D eigenvalue weighted by molar-refractivity contribution is 8.13. The van der Waals surface area contributed by atoms with Crippen molar-refractivity contribution < 1.29 is 9.53 Å². The third-order valence-electron chi connectivity index (χ3n) is 2.62. The zero-order chi connectivity index (χ0) is 13.1. The number of thioether (sulfide) groups is 1. The molecular formula is C12H22N2O2S. The van der Waals surface area contributed by atoms with Crippen LogP contribution in [0.2, 0.25) is 0 Å². The summed E-state index contributed by atoms with van der Waals surface area (Å²) in [5.74, 6) is 0.985. The quantitative estimate of drug-likeness (QED) is 0.786. The molecule has 0 saturated heterocycles. The smallest absolute Gasteiger partial charge is 0.413 e. The minimum absolute atomic E-state index is 0.0460. The molecule has 1 aliphatic heterocycles. The van der Waals surface area contributed by atoms with Crippen molar-refractivity contribution in [1.29, 1.82) is 0 Å². The summed E-state index contributed by atoms with van der Waals surface area (Å²) in [4.78, 5) is 16.2. The van der Waals surface area contributed by atoms with Gasteiger partial charge in [-0.05, 0) is 40.5 Å². The summed E-state index contributed by atoms with van der Waals surface area (Å²) in [7, 11) is 0. The van der Waals surface area contributed by atoms with Gasteiger partial charge in [-0.15, -0.1) is 0 Å². The van der Waals surface area contributed by atoms with E-state index >= 15 is 0 Å². The molecule has 0 aromatic heterocycles. The van der Waals surface area contributed by atoms with E-state index in [4.69, 9.17) is 4.74 Å². The molecule has 17 heavy (non-hydrogen) atoms. The molecule has 5 heteroatoms. The maximum Gasteiger partial charge on any atom is 0.413 e. The van der Waals surface area contributed by atoms with Crippen LogP contribution < -0.4 is 5.32 Å². The Labute approximate surface area is 108 Å². The van der Waals surface area contributed by atoms with Crippen LogP contribution in [0.15, 0.2) is 4.99 Å². The Hall–Kier alpha value is -0.710. The third-order valence-corrected chi connectivity index (χ3v) is 3.50. The topological polar surface area (TPSA) is 50.7 Å². The maximum atomic E-state index is 11.6. The Kier molecular flexibility index (Phi) is 4.47. The second kappa shape index (κ2) is 5.29. The van der Waals surface area contributed by atoms with Gasteiger partial charge in [-0.2, -0.15) is 0 Å². The second-order valence-electron chi connectivity index (χ2n) is 5.49. The van der Waals surface area contributed by atoms with Gasteiger partial charge >= 0.3 is 6.09 Å². The van der Waals surface area contributed by atoms with Crippen LogP contribution in [0, 0.1) is 0 Å². The maximum absolute atomic E-state index is 11.6. The van der Waals surface area contributed by atoms with E-state index in [0.717, 1.165) is 18.6 Å². The van der Waals surface area contributed by atoms with E-state index in [1.165, 1.54) is 0 Å². The number of hydrogen-bond donors (Lipinski definition) is 1. The molecule has 0 bridgehead atoms. The summed E-state index contributed by atoms with van der Waals surface area (Å²) < 4.78 is 5.20. The van der Waals surface area contributed by atoms with Crippen LogP contribution in [0.5, 0.6) is 0 Å². The Morgan fingerprint density at radius 1 is 1.59 bits per heavy atom. The van der Waals surface area contributed by atoms with Crippen molar-refractivity contribution in [2.75, 3.05) is 5.75 Å².